The highest BCUT2D eigenvalue weighted by atomic mass is 32.1. The second-order valence-electron chi connectivity index (χ2n) is 8.35. The lowest BCUT2D eigenvalue weighted by atomic mass is 9.85. The van der Waals surface area contributed by atoms with Crippen LogP contribution in [0.4, 0.5) is 17.5 Å². The van der Waals surface area contributed by atoms with Crippen LogP contribution in [-0.4, -0.2) is 48.5 Å². The molecule has 11 heteroatoms. The van der Waals surface area contributed by atoms with Gasteiger partial charge in [0.1, 0.15) is 11.5 Å². The first kappa shape index (κ1) is 21.6. The summed E-state index contributed by atoms with van der Waals surface area (Å²) < 4.78 is 15.8. The monoisotopic (exact) mass is 433 g/mol. The first-order chi connectivity index (χ1) is 14.0. The van der Waals surface area contributed by atoms with Crippen molar-refractivity contribution in [2.24, 2.45) is 12.5 Å². The van der Waals surface area contributed by atoms with E-state index >= 15 is 0 Å². The van der Waals surface area contributed by atoms with E-state index in [9.17, 15) is 9.90 Å². The second-order valence-corrected chi connectivity index (χ2v) is 8.88. The van der Waals surface area contributed by atoms with E-state index in [1.54, 1.807) is 21.1 Å². The first-order valence-corrected chi connectivity index (χ1v) is 10.1. The molecule has 1 atom stereocenters. The zero-order valence-electron chi connectivity index (χ0n) is 18.1. The number of furan rings is 1. The highest BCUT2D eigenvalue weighted by molar-refractivity contribution is 6.99. The molecule has 3 heterocycles. The Bertz CT molecular complexity index is 1050. The minimum absolute atomic E-state index is 0.0822. The van der Waals surface area contributed by atoms with Crippen molar-refractivity contribution in [3.05, 3.63) is 29.3 Å². The molecule has 0 spiro atoms. The third-order valence-electron chi connectivity index (χ3n) is 4.55. The number of carbonyl (C=O) groups is 1. The molecule has 0 fully saturated rings. The Balaban J connectivity index is 1.89. The van der Waals surface area contributed by atoms with Crippen molar-refractivity contribution in [3.63, 3.8) is 0 Å². The number of amides is 1. The molecule has 3 aromatic rings. The van der Waals surface area contributed by atoms with E-state index in [2.05, 4.69) is 45.3 Å². The lowest BCUT2D eigenvalue weighted by Crippen LogP contribution is -2.25. The van der Waals surface area contributed by atoms with Crippen LogP contribution in [0.25, 0.3) is 0 Å². The molecule has 162 valence electrons. The van der Waals surface area contributed by atoms with Crippen LogP contribution in [0.2, 0.25) is 0 Å². The van der Waals surface area contributed by atoms with Gasteiger partial charge in [0.2, 0.25) is 0 Å². The second kappa shape index (κ2) is 7.98. The number of aryl methyl sites for hydroxylation is 2. The van der Waals surface area contributed by atoms with E-state index < -0.39 is 0 Å². The number of rotatable bonds is 6. The summed E-state index contributed by atoms with van der Waals surface area (Å²) in [5.41, 5.74) is -0.0947. The standard InChI is InChI=1S/C19H27N7O3S/c1-10-8-9-11(29-10)14(19(2,3)4)20-16-17(24-30-23-16)21-15-13(27)12(26(7)22-15)18(28)25(5)6/h8-9,14,27H,1-7H3,(H,20,23)(H,21,22,24)/t14-/m0/s1. The fourth-order valence-electron chi connectivity index (χ4n) is 2.99. The number of hydrogen-bond donors (Lipinski definition) is 3. The van der Waals surface area contributed by atoms with E-state index in [1.807, 2.05) is 19.1 Å². The van der Waals surface area contributed by atoms with Crippen LogP contribution >= 0.6 is 11.7 Å². The summed E-state index contributed by atoms with van der Waals surface area (Å²) in [6.45, 7) is 8.19. The number of aromatic hydroxyl groups is 1. The summed E-state index contributed by atoms with van der Waals surface area (Å²) in [4.78, 5) is 13.7. The Kier molecular flexibility index (Phi) is 5.75. The van der Waals surface area contributed by atoms with Gasteiger partial charge in [0.15, 0.2) is 28.9 Å². The SMILES string of the molecule is Cc1ccc([C@H](Nc2nsnc2Nc2nn(C)c(C(=O)N(C)C)c2O)C(C)(C)C)o1. The van der Waals surface area contributed by atoms with E-state index in [-0.39, 0.29) is 34.6 Å². The lowest BCUT2D eigenvalue weighted by Gasteiger charge is -2.30. The fourth-order valence-corrected chi connectivity index (χ4v) is 3.46. The van der Waals surface area contributed by atoms with Crippen LogP contribution < -0.4 is 10.6 Å². The maximum absolute atomic E-state index is 12.3. The van der Waals surface area contributed by atoms with Gasteiger partial charge in [0.05, 0.1) is 17.8 Å². The number of carbonyl (C=O) groups excluding carboxylic acids is 1. The minimum atomic E-state index is -0.355. The van der Waals surface area contributed by atoms with Gasteiger partial charge in [-0.25, -0.2) is 0 Å². The summed E-state index contributed by atoms with van der Waals surface area (Å²) >= 11 is 1.02. The van der Waals surface area contributed by atoms with Crippen molar-refractivity contribution < 1.29 is 14.3 Å². The molecule has 1 amide bonds. The number of nitrogens with one attached hydrogen (secondary N) is 2. The van der Waals surface area contributed by atoms with Crippen LogP contribution in [0.15, 0.2) is 16.5 Å². The summed E-state index contributed by atoms with van der Waals surface area (Å²) in [6.07, 6.45) is 0. The molecule has 0 saturated heterocycles. The molecule has 0 radical (unpaired) electrons. The maximum Gasteiger partial charge on any atom is 0.275 e. The van der Waals surface area contributed by atoms with Crippen molar-refractivity contribution in [2.45, 2.75) is 33.7 Å². The minimum Gasteiger partial charge on any atom is -0.503 e. The van der Waals surface area contributed by atoms with Gasteiger partial charge in [-0.15, -0.1) is 0 Å². The molecule has 0 unspecified atom stereocenters. The molecule has 0 aliphatic rings. The van der Waals surface area contributed by atoms with Gasteiger partial charge in [-0.3, -0.25) is 9.48 Å². The summed E-state index contributed by atoms with van der Waals surface area (Å²) in [7, 11) is 4.81. The highest BCUT2D eigenvalue weighted by Gasteiger charge is 2.31. The number of nitrogens with zero attached hydrogens (tertiary/aromatic N) is 5. The van der Waals surface area contributed by atoms with Crippen LogP contribution in [0.5, 0.6) is 5.75 Å². The molecular weight excluding hydrogens is 406 g/mol. The Morgan fingerprint density at radius 2 is 1.90 bits per heavy atom. The van der Waals surface area contributed by atoms with Gasteiger partial charge in [0, 0.05) is 21.1 Å². The normalized spacial score (nSPS) is 12.6. The molecule has 3 N–H and O–H groups in total. The summed E-state index contributed by atoms with van der Waals surface area (Å²) in [6, 6.07) is 3.69. The summed E-state index contributed by atoms with van der Waals surface area (Å²) in [5.74, 6) is 2.04. The van der Waals surface area contributed by atoms with Gasteiger partial charge in [-0.1, -0.05) is 20.8 Å². The van der Waals surface area contributed by atoms with E-state index in [0.29, 0.717) is 11.6 Å². The molecule has 0 aliphatic carbocycles. The Morgan fingerprint density at radius 3 is 2.47 bits per heavy atom. The van der Waals surface area contributed by atoms with Gasteiger partial charge in [-0.05, 0) is 24.5 Å². The van der Waals surface area contributed by atoms with Crippen LogP contribution in [-0.2, 0) is 7.05 Å². The molecule has 0 aromatic carbocycles. The molecule has 30 heavy (non-hydrogen) atoms. The van der Waals surface area contributed by atoms with E-state index in [4.69, 9.17) is 4.42 Å². The van der Waals surface area contributed by atoms with Crippen LogP contribution in [0.1, 0.15) is 48.8 Å². The van der Waals surface area contributed by atoms with Crippen LogP contribution in [0, 0.1) is 12.3 Å². The van der Waals surface area contributed by atoms with Gasteiger partial charge in [0.25, 0.3) is 5.91 Å². The van der Waals surface area contributed by atoms with E-state index in [0.717, 1.165) is 23.2 Å². The molecule has 3 rings (SSSR count). The van der Waals surface area contributed by atoms with Crippen molar-refractivity contribution >= 4 is 35.1 Å². The quantitative estimate of drug-likeness (QED) is 0.540. The Labute approximate surface area is 179 Å². The molecular formula is C19H27N7O3S. The van der Waals surface area contributed by atoms with Crippen molar-refractivity contribution in [1.29, 1.82) is 0 Å². The lowest BCUT2D eigenvalue weighted by molar-refractivity contribution is 0.0814. The summed E-state index contributed by atoms with van der Waals surface area (Å²) in [5, 5.41) is 21.1. The largest absolute Gasteiger partial charge is 0.503 e. The van der Waals surface area contributed by atoms with Gasteiger partial charge >= 0.3 is 0 Å². The topological polar surface area (TPSA) is 121 Å². The molecule has 0 saturated carbocycles. The fraction of sp³-hybridized carbons (Fsp3) is 0.474. The van der Waals surface area contributed by atoms with Crippen molar-refractivity contribution in [1.82, 2.24) is 23.4 Å². The van der Waals surface area contributed by atoms with Crippen molar-refractivity contribution in [3.8, 4) is 5.75 Å². The zero-order chi connectivity index (χ0) is 22.2. The predicted octanol–water partition coefficient (Wildman–Crippen LogP) is 3.52. The highest BCUT2D eigenvalue weighted by Crippen LogP contribution is 2.39. The van der Waals surface area contributed by atoms with Gasteiger partial charge < -0.3 is 25.1 Å². The predicted molar refractivity (Wildman–Crippen MR) is 115 cm³/mol. The number of aromatic nitrogens is 4. The molecule has 0 bridgehead atoms. The average Bonchev–Trinajstić information content (AvgIpc) is 3.32. The number of hydrogen-bond acceptors (Lipinski definition) is 9. The van der Waals surface area contributed by atoms with Crippen molar-refractivity contribution in [2.75, 3.05) is 24.7 Å². The molecule has 10 nitrogen and oxygen atoms in total. The molecule has 0 aliphatic heterocycles. The first-order valence-electron chi connectivity index (χ1n) is 9.39. The Morgan fingerprint density at radius 1 is 1.23 bits per heavy atom. The third kappa shape index (κ3) is 4.25. The molecule has 3 aromatic heterocycles. The smallest absolute Gasteiger partial charge is 0.275 e. The number of anilines is 3. The average molecular weight is 434 g/mol. The third-order valence-corrected chi connectivity index (χ3v) is 5.08. The maximum atomic E-state index is 12.3. The van der Waals surface area contributed by atoms with Crippen LogP contribution in [0.3, 0.4) is 0 Å². The zero-order valence-corrected chi connectivity index (χ0v) is 19.0. The van der Waals surface area contributed by atoms with E-state index in [1.165, 1.54) is 9.58 Å². The van der Waals surface area contributed by atoms with Gasteiger partial charge in [-0.2, -0.15) is 13.8 Å². The Hall–Kier alpha value is -3.08.